The lowest BCUT2D eigenvalue weighted by Crippen LogP contribution is -2.12. The summed E-state index contributed by atoms with van der Waals surface area (Å²) < 4.78 is 26.4. The summed E-state index contributed by atoms with van der Waals surface area (Å²) in [7, 11) is -3.62. The van der Waals surface area contributed by atoms with Crippen LogP contribution in [0.25, 0.3) is 5.69 Å². The van der Waals surface area contributed by atoms with E-state index in [1.165, 1.54) is 17.2 Å². The summed E-state index contributed by atoms with van der Waals surface area (Å²) in [5.74, 6) is 0. The van der Waals surface area contributed by atoms with Crippen LogP contribution < -0.4 is 4.72 Å². The Hall–Kier alpha value is -2.68. The monoisotopic (exact) mass is 290 g/mol. The van der Waals surface area contributed by atoms with Crippen LogP contribution in [0.5, 0.6) is 0 Å². The molecule has 0 saturated heterocycles. The van der Waals surface area contributed by atoms with E-state index in [0.29, 0.717) is 5.69 Å². The van der Waals surface area contributed by atoms with Crippen molar-refractivity contribution < 1.29 is 8.42 Å². The van der Waals surface area contributed by atoms with Crippen molar-refractivity contribution in [1.82, 2.24) is 25.2 Å². The van der Waals surface area contributed by atoms with Crippen molar-refractivity contribution in [3.8, 4) is 5.69 Å². The van der Waals surface area contributed by atoms with Crippen LogP contribution in [0.3, 0.4) is 0 Å². The molecule has 2 N–H and O–H groups in total. The number of H-pyrrole nitrogens is 1. The highest BCUT2D eigenvalue weighted by Gasteiger charge is 2.15. The van der Waals surface area contributed by atoms with E-state index >= 15 is 0 Å². The summed E-state index contributed by atoms with van der Waals surface area (Å²) in [6.07, 6.45) is 5.68. The van der Waals surface area contributed by atoms with Gasteiger partial charge in [-0.1, -0.05) is 0 Å². The second kappa shape index (κ2) is 4.78. The summed E-state index contributed by atoms with van der Waals surface area (Å²) in [5, 5.41) is 14.0. The van der Waals surface area contributed by atoms with Crippen LogP contribution in [0.15, 0.2) is 53.9 Å². The van der Waals surface area contributed by atoms with E-state index in [9.17, 15) is 8.42 Å². The van der Waals surface area contributed by atoms with E-state index < -0.39 is 10.0 Å². The third-order valence-electron chi connectivity index (χ3n) is 2.55. The van der Waals surface area contributed by atoms with Crippen LogP contribution in [0, 0.1) is 0 Å². The molecule has 0 atom stereocenters. The van der Waals surface area contributed by atoms with Gasteiger partial charge in [-0.3, -0.25) is 9.82 Å². The van der Waals surface area contributed by atoms with Crippen molar-refractivity contribution in [3.05, 3.63) is 49.1 Å². The highest BCUT2D eigenvalue weighted by atomic mass is 32.2. The molecule has 0 aliphatic heterocycles. The third kappa shape index (κ3) is 2.38. The molecule has 8 nitrogen and oxygen atoms in total. The number of nitrogens with zero attached hydrogens (tertiary/aromatic N) is 4. The van der Waals surface area contributed by atoms with Crippen molar-refractivity contribution in [3.63, 3.8) is 0 Å². The highest BCUT2D eigenvalue weighted by molar-refractivity contribution is 7.92. The number of sulfonamides is 1. The number of anilines is 1. The largest absolute Gasteiger partial charge is 0.284 e. The molecule has 20 heavy (non-hydrogen) atoms. The molecule has 0 saturated carbocycles. The van der Waals surface area contributed by atoms with Gasteiger partial charge in [0.05, 0.1) is 24.3 Å². The topological polar surface area (TPSA) is 106 Å². The van der Waals surface area contributed by atoms with Crippen LogP contribution in [0.2, 0.25) is 0 Å². The molecule has 1 aromatic carbocycles. The van der Waals surface area contributed by atoms with Crippen molar-refractivity contribution in [1.29, 1.82) is 0 Å². The minimum atomic E-state index is -3.62. The zero-order chi connectivity index (χ0) is 14.0. The summed E-state index contributed by atoms with van der Waals surface area (Å²) in [5.41, 5.74) is 1.18. The third-order valence-corrected chi connectivity index (χ3v) is 3.90. The van der Waals surface area contributed by atoms with Crippen LogP contribution >= 0.6 is 0 Å². The maximum atomic E-state index is 12.0. The van der Waals surface area contributed by atoms with Gasteiger partial charge in [-0.25, -0.2) is 8.42 Å². The van der Waals surface area contributed by atoms with Gasteiger partial charge in [-0.15, -0.1) is 0 Å². The molecule has 0 bridgehead atoms. The second-order valence-electron chi connectivity index (χ2n) is 3.90. The Bertz CT molecular complexity index is 778. The van der Waals surface area contributed by atoms with Crippen LogP contribution in [0.4, 0.5) is 5.69 Å². The molecule has 0 unspecified atom stereocenters. The van der Waals surface area contributed by atoms with Crippen molar-refractivity contribution >= 4 is 15.7 Å². The number of rotatable bonds is 4. The Kier molecular flexibility index (Phi) is 2.95. The maximum Gasteiger partial charge on any atom is 0.265 e. The van der Waals surface area contributed by atoms with E-state index in [2.05, 4.69) is 25.1 Å². The maximum absolute atomic E-state index is 12.0. The van der Waals surface area contributed by atoms with Gasteiger partial charge in [0.1, 0.15) is 4.90 Å². The van der Waals surface area contributed by atoms with Crippen molar-refractivity contribution in [2.24, 2.45) is 0 Å². The van der Waals surface area contributed by atoms with Gasteiger partial charge in [-0.2, -0.15) is 20.1 Å². The highest BCUT2D eigenvalue weighted by Crippen LogP contribution is 2.16. The van der Waals surface area contributed by atoms with Gasteiger partial charge < -0.3 is 0 Å². The molecule has 102 valence electrons. The summed E-state index contributed by atoms with van der Waals surface area (Å²) in [6.45, 7) is 0. The number of aromatic amines is 1. The molecule has 0 aliphatic carbocycles. The minimum absolute atomic E-state index is 0.0790. The second-order valence-corrected chi connectivity index (χ2v) is 5.59. The smallest absolute Gasteiger partial charge is 0.265 e. The summed E-state index contributed by atoms with van der Waals surface area (Å²) in [6, 6.07) is 6.70. The number of hydrogen-bond donors (Lipinski definition) is 2. The van der Waals surface area contributed by atoms with Gasteiger partial charge in [0.15, 0.2) is 0 Å². The number of benzene rings is 1. The Morgan fingerprint density at radius 1 is 1.10 bits per heavy atom. The van der Waals surface area contributed by atoms with E-state index in [0.717, 1.165) is 5.69 Å². The standard InChI is InChI=1S/C11H10N6O2S/c18-20(19,11-7-12-13-8-11)16-9-1-3-10(4-2-9)17-14-5-6-15-17/h1-8,16H,(H,12,13). The Morgan fingerprint density at radius 2 is 1.80 bits per heavy atom. The van der Waals surface area contributed by atoms with E-state index in [1.807, 2.05) is 0 Å². The summed E-state index contributed by atoms with van der Waals surface area (Å²) in [4.78, 5) is 1.52. The molecule has 3 aromatic rings. The average molecular weight is 290 g/mol. The number of hydrogen-bond acceptors (Lipinski definition) is 5. The molecule has 2 heterocycles. The van der Waals surface area contributed by atoms with Crippen LogP contribution in [0.1, 0.15) is 0 Å². The fourth-order valence-corrected chi connectivity index (χ4v) is 2.58. The quantitative estimate of drug-likeness (QED) is 0.739. The van der Waals surface area contributed by atoms with E-state index in [1.54, 1.807) is 36.7 Å². The predicted octanol–water partition coefficient (Wildman–Crippen LogP) is 0.791. The lowest BCUT2D eigenvalue weighted by atomic mass is 10.3. The Morgan fingerprint density at radius 3 is 2.40 bits per heavy atom. The van der Waals surface area contributed by atoms with Gasteiger partial charge in [-0.05, 0) is 24.3 Å². The van der Waals surface area contributed by atoms with Crippen LogP contribution in [-0.4, -0.2) is 33.6 Å². The van der Waals surface area contributed by atoms with E-state index in [4.69, 9.17) is 0 Å². The molecule has 0 amide bonds. The first-order valence-electron chi connectivity index (χ1n) is 5.63. The molecule has 0 aliphatic rings. The van der Waals surface area contributed by atoms with Gasteiger partial charge in [0, 0.05) is 11.9 Å². The Labute approximate surface area is 114 Å². The van der Waals surface area contributed by atoms with Gasteiger partial charge >= 0.3 is 0 Å². The summed E-state index contributed by atoms with van der Waals surface area (Å²) >= 11 is 0. The molecule has 0 fully saturated rings. The average Bonchev–Trinajstić information content (AvgIpc) is 3.13. The molecular weight excluding hydrogens is 280 g/mol. The SMILES string of the molecule is O=S(=O)(Nc1ccc(-n2nccn2)cc1)c1cn[nH]c1. The fraction of sp³-hybridized carbons (Fsp3) is 0. The Balaban J connectivity index is 1.83. The number of nitrogens with one attached hydrogen (secondary N) is 2. The normalized spacial score (nSPS) is 11.4. The van der Waals surface area contributed by atoms with Crippen LogP contribution in [-0.2, 0) is 10.0 Å². The van der Waals surface area contributed by atoms with E-state index in [-0.39, 0.29) is 4.90 Å². The zero-order valence-corrected chi connectivity index (χ0v) is 10.9. The lowest BCUT2D eigenvalue weighted by molar-refractivity contribution is 0.601. The lowest BCUT2D eigenvalue weighted by Gasteiger charge is -2.06. The minimum Gasteiger partial charge on any atom is -0.284 e. The van der Waals surface area contributed by atoms with Crippen molar-refractivity contribution in [2.45, 2.75) is 4.90 Å². The van der Waals surface area contributed by atoms with Gasteiger partial charge in [0.2, 0.25) is 0 Å². The molecule has 2 aromatic heterocycles. The fourth-order valence-electron chi connectivity index (χ4n) is 1.61. The number of aromatic nitrogens is 5. The first kappa shape index (κ1) is 12.4. The molecular formula is C11H10N6O2S. The first-order chi connectivity index (χ1) is 9.65. The zero-order valence-electron chi connectivity index (χ0n) is 10.1. The molecule has 0 spiro atoms. The van der Waals surface area contributed by atoms with Crippen molar-refractivity contribution in [2.75, 3.05) is 4.72 Å². The first-order valence-corrected chi connectivity index (χ1v) is 7.12. The molecule has 0 radical (unpaired) electrons. The molecule has 9 heteroatoms. The molecule has 3 rings (SSSR count). The predicted molar refractivity (Wildman–Crippen MR) is 70.8 cm³/mol. The van der Waals surface area contributed by atoms with Gasteiger partial charge in [0.25, 0.3) is 10.0 Å².